The summed E-state index contributed by atoms with van der Waals surface area (Å²) in [4.78, 5) is 24.2. The van der Waals surface area contributed by atoms with E-state index in [1.165, 1.54) is 12.1 Å². The van der Waals surface area contributed by atoms with Gasteiger partial charge in [-0.25, -0.2) is 17.9 Å². The molecule has 0 saturated heterocycles. The number of esters is 1. The number of rotatable bonds is 6. The van der Waals surface area contributed by atoms with Crippen molar-refractivity contribution in [1.29, 1.82) is 0 Å². The number of carbonyl (C=O) groups is 2. The first-order valence-electron chi connectivity index (χ1n) is 9.74. The third-order valence-corrected chi connectivity index (χ3v) is 4.92. The minimum absolute atomic E-state index is 0. The van der Waals surface area contributed by atoms with Gasteiger partial charge < -0.3 is 25.5 Å². The number of hydrogen-bond donors (Lipinski definition) is 2. The molecule has 0 radical (unpaired) electrons. The number of fused-ring (bicyclic) bond motifs is 1. The third kappa shape index (κ3) is 10.5. The van der Waals surface area contributed by atoms with E-state index in [0.29, 0.717) is 43.4 Å². The number of allylic oxidation sites excluding steroid dienone is 2. The lowest BCUT2D eigenvalue weighted by atomic mass is 10.0. The van der Waals surface area contributed by atoms with Crippen molar-refractivity contribution >= 4 is 27.9 Å². The fraction of sp³-hybridized carbons (Fsp3) is 0.429. The van der Waals surface area contributed by atoms with Crippen LogP contribution < -0.4 is 9.46 Å². The van der Waals surface area contributed by atoms with Crippen molar-refractivity contribution in [3.63, 3.8) is 0 Å². The van der Waals surface area contributed by atoms with E-state index < -0.39 is 16.0 Å². The van der Waals surface area contributed by atoms with Crippen LogP contribution in [0.2, 0.25) is 0 Å². The van der Waals surface area contributed by atoms with Crippen LogP contribution in [0.15, 0.2) is 30.4 Å². The normalized spacial score (nSPS) is 16.9. The number of aromatic hydroxyl groups is 1. The molecule has 0 bridgehead atoms. The smallest absolute Gasteiger partial charge is 0.342 e. The molecule has 0 aromatic heterocycles. The Morgan fingerprint density at radius 1 is 1.12 bits per heavy atom. The van der Waals surface area contributed by atoms with Gasteiger partial charge in [-0.3, -0.25) is 4.79 Å². The van der Waals surface area contributed by atoms with Gasteiger partial charge in [0.2, 0.25) is 10.0 Å². The average molecular weight is 474 g/mol. The van der Waals surface area contributed by atoms with Crippen LogP contribution >= 0.6 is 0 Å². The summed E-state index contributed by atoms with van der Waals surface area (Å²) < 4.78 is 35.3. The predicted molar refractivity (Wildman–Crippen MR) is 120 cm³/mol. The van der Waals surface area contributed by atoms with Crippen molar-refractivity contribution < 1.29 is 43.5 Å². The predicted octanol–water partition coefficient (Wildman–Crippen LogP) is 0.930. The van der Waals surface area contributed by atoms with Crippen LogP contribution in [0.1, 0.15) is 48.0 Å². The van der Waals surface area contributed by atoms with Gasteiger partial charge in [-0.1, -0.05) is 18.2 Å². The van der Waals surface area contributed by atoms with Crippen LogP contribution in [0.5, 0.6) is 11.5 Å². The van der Waals surface area contributed by atoms with Gasteiger partial charge >= 0.3 is 5.97 Å². The minimum Gasteiger partial charge on any atom is -0.507 e. The second-order valence-corrected chi connectivity index (χ2v) is 8.70. The molecule has 0 saturated carbocycles. The number of hydrogen-bond acceptors (Lipinski definition) is 7. The Bertz CT molecular complexity index is 923. The van der Waals surface area contributed by atoms with E-state index in [-0.39, 0.29) is 47.8 Å². The first-order valence-corrected chi connectivity index (χ1v) is 11.6. The Labute approximate surface area is 187 Å². The molecular weight excluding hydrogens is 442 g/mol. The molecular formula is C21H31NO9S. The van der Waals surface area contributed by atoms with Crippen molar-refractivity contribution in [3.05, 3.63) is 41.5 Å². The van der Waals surface area contributed by atoms with Crippen molar-refractivity contribution in [1.82, 2.24) is 4.72 Å². The van der Waals surface area contributed by atoms with E-state index in [0.717, 1.165) is 6.26 Å². The number of ether oxygens (including phenoxy) is 2. The zero-order valence-electron chi connectivity index (χ0n) is 17.9. The Morgan fingerprint density at radius 2 is 1.84 bits per heavy atom. The standard InChI is InChI=1S/C21H27NO7S.2H2O/c1-30(26,27)22-11-7-13-28-18-14-16-8-3-2-4-9-17(23)10-5-6-12-29-21(25)20(16)19(24)15-18;;/h3,5,8,10,14-15,22,24H,2,4,6-7,9,11-13H2,1H3;2*1H2/b8-3+,10-5-;;. The van der Waals surface area contributed by atoms with E-state index in [4.69, 9.17) is 9.47 Å². The molecule has 0 atom stereocenters. The second-order valence-electron chi connectivity index (χ2n) is 6.86. The quantitative estimate of drug-likeness (QED) is 0.455. The van der Waals surface area contributed by atoms with Crippen LogP contribution in [-0.2, 0) is 19.6 Å². The highest BCUT2D eigenvalue weighted by atomic mass is 32.2. The van der Waals surface area contributed by atoms with Gasteiger partial charge in [0.15, 0.2) is 5.78 Å². The molecule has 10 nitrogen and oxygen atoms in total. The highest BCUT2D eigenvalue weighted by molar-refractivity contribution is 7.88. The Hall–Kier alpha value is -2.73. The van der Waals surface area contributed by atoms with E-state index in [2.05, 4.69) is 4.72 Å². The molecule has 1 aliphatic rings. The van der Waals surface area contributed by atoms with Crippen LogP contribution in [0.25, 0.3) is 6.08 Å². The van der Waals surface area contributed by atoms with Crippen LogP contribution in [0.3, 0.4) is 0 Å². The Kier molecular flexibility index (Phi) is 13.1. The van der Waals surface area contributed by atoms with Gasteiger partial charge in [0.1, 0.15) is 17.1 Å². The van der Waals surface area contributed by atoms with Gasteiger partial charge in [0.25, 0.3) is 0 Å². The monoisotopic (exact) mass is 473 g/mol. The van der Waals surface area contributed by atoms with Crippen molar-refractivity contribution in [2.75, 3.05) is 26.0 Å². The topological polar surface area (TPSA) is 182 Å². The lowest BCUT2D eigenvalue weighted by molar-refractivity contribution is -0.114. The summed E-state index contributed by atoms with van der Waals surface area (Å²) in [5.74, 6) is -0.537. The molecule has 0 fully saturated rings. The number of nitrogens with one attached hydrogen (secondary N) is 1. The first kappa shape index (κ1) is 29.3. The summed E-state index contributed by atoms with van der Waals surface area (Å²) in [5, 5.41) is 10.4. The molecule has 2 rings (SSSR count). The van der Waals surface area contributed by atoms with E-state index in [9.17, 15) is 23.1 Å². The maximum absolute atomic E-state index is 12.5. The fourth-order valence-electron chi connectivity index (χ4n) is 2.77. The van der Waals surface area contributed by atoms with Gasteiger partial charge in [-0.2, -0.15) is 0 Å². The Balaban J connectivity index is 0.00000480. The number of phenols is 1. The maximum atomic E-state index is 12.5. The molecule has 6 N–H and O–H groups in total. The third-order valence-electron chi connectivity index (χ3n) is 4.19. The largest absolute Gasteiger partial charge is 0.507 e. The molecule has 180 valence electrons. The van der Waals surface area contributed by atoms with E-state index in [1.54, 1.807) is 18.2 Å². The summed E-state index contributed by atoms with van der Waals surface area (Å²) >= 11 is 0. The van der Waals surface area contributed by atoms with Crippen LogP contribution in [0.4, 0.5) is 0 Å². The molecule has 32 heavy (non-hydrogen) atoms. The highest BCUT2D eigenvalue weighted by Gasteiger charge is 2.19. The zero-order valence-corrected chi connectivity index (χ0v) is 18.7. The molecule has 1 aromatic rings. The van der Waals surface area contributed by atoms with Crippen molar-refractivity contribution in [2.24, 2.45) is 0 Å². The Morgan fingerprint density at radius 3 is 2.56 bits per heavy atom. The maximum Gasteiger partial charge on any atom is 0.342 e. The molecule has 11 heteroatoms. The van der Waals surface area contributed by atoms with Crippen LogP contribution in [0, 0.1) is 0 Å². The van der Waals surface area contributed by atoms with E-state index >= 15 is 0 Å². The molecule has 0 unspecified atom stereocenters. The van der Waals surface area contributed by atoms with Gasteiger partial charge in [-0.05, 0) is 43.4 Å². The lowest BCUT2D eigenvalue weighted by Crippen LogP contribution is -2.24. The van der Waals surface area contributed by atoms with Gasteiger partial charge in [-0.15, -0.1) is 0 Å². The number of carbonyl (C=O) groups excluding carboxylic acids is 2. The number of benzene rings is 1. The summed E-state index contributed by atoms with van der Waals surface area (Å²) in [7, 11) is -3.25. The number of ketones is 1. The summed E-state index contributed by atoms with van der Waals surface area (Å²) in [5.41, 5.74) is 0.498. The molecule has 1 heterocycles. The number of sulfonamides is 1. The highest BCUT2D eigenvalue weighted by Crippen LogP contribution is 2.30. The minimum atomic E-state index is -3.25. The van der Waals surface area contributed by atoms with E-state index in [1.807, 2.05) is 6.08 Å². The zero-order chi connectivity index (χ0) is 22.0. The average Bonchev–Trinajstić information content (AvgIpc) is 2.65. The van der Waals surface area contributed by atoms with Gasteiger partial charge in [0.05, 0.1) is 19.5 Å². The molecule has 0 aliphatic carbocycles. The molecule has 1 aliphatic heterocycles. The lowest BCUT2D eigenvalue weighted by Gasteiger charge is -2.13. The van der Waals surface area contributed by atoms with Crippen molar-refractivity contribution in [3.8, 4) is 11.5 Å². The number of phenolic OH excluding ortho intramolecular Hbond substituents is 1. The first-order chi connectivity index (χ1) is 14.3. The SMILES string of the molecule is CS(=O)(=O)NCCCOc1cc(O)c2c(c1)/C=C/CCCC(=O)/C=C\CCOC2=O.O.O. The summed E-state index contributed by atoms with van der Waals surface area (Å²) in [6.07, 6.45) is 10.4. The van der Waals surface area contributed by atoms with Gasteiger partial charge in [0, 0.05) is 19.0 Å². The molecule has 0 amide bonds. The molecule has 0 spiro atoms. The van der Waals surface area contributed by atoms with Crippen molar-refractivity contribution in [2.45, 2.75) is 32.1 Å². The molecule has 1 aromatic carbocycles. The number of cyclic esters (lactones) is 1. The fourth-order valence-corrected chi connectivity index (χ4v) is 3.29. The summed E-state index contributed by atoms with van der Waals surface area (Å²) in [6.45, 7) is 0.551. The van der Waals surface area contributed by atoms with Crippen LogP contribution in [-0.4, -0.2) is 62.2 Å². The second kappa shape index (κ2) is 14.4. The summed E-state index contributed by atoms with van der Waals surface area (Å²) in [6, 6.07) is 2.95.